The maximum absolute atomic E-state index is 11.1. The van der Waals surface area contributed by atoms with Crippen LogP contribution in [0.25, 0.3) is 0 Å². The van der Waals surface area contributed by atoms with Crippen molar-refractivity contribution >= 4 is 23.3 Å². The number of carboxylic acids is 1. The third kappa shape index (κ3) is 3.62. The van der Waals surface area contributed by atoms with Crippen LogP contribution in [-0.4, -0.2) is 25.3 Å². The largest absolute Gasteiger partial charge is 0.496 e. The summed E-state index contributed by atoms with van der Waals surface area (Å²) >= 11 is 6.00. The summed E-state index contributed by atoms with van der Waals surface area (Å²) in [6.07, 6.45) is 0. The van der Waals surface area contributed by atoms with Crippen molar-refractivity contribution in [2.24, 2.45) is 0 Å². The molecule has 0 aromatic heterocycles. The highest BCUT2D eigenvalue weighted by Crippen LogP contribution is 2.28. The molecule has 0 aliphatic rings. The first-order valence-corrected chi connectivity index (χ1v) is 6.90. The van der Waals surface area contributed by atoms with E-state index in [0.717, 1.165) is 5.56 Å². The Bertz CT molecular complexity index is 688. The summed E-state index contributed by atoms with van der Waals surface area (Å²) in [6, 6.07) is 9.95. The van der Waals surface area contributed by atoms with Crippen molar-refractivity contribution in [2.45, 2.75) is 6.54 Å². The summed E-state index contributed by atoms with van der Waals surface area (Å²) in [5.41, 5.74) is 1.63. The molecule has 22 heavy (non-hydrogen) atoms. The van der Waals surface area contributed by atoms with Crippen molar-refractivity contribution in [1.29, 1.82) is 0 Å². The summed E-state index contributed by atoms with van der Waals surface area (Å²) in [5.74, 6) is 0.266. The summed E-state index contributed by atoms with van der Waals surface area (Å²) in [6.45, 7) is 0.420. The number of carbonyl (C=O) groups is 1. The Morgan fingerprint density at radius 1 is 1.14 bits per heavy atom. The van der Waals surface area contributed by atoms with E-state index in [0.29, 0.717) is 28.8 Å². The van der Waals surface area contributed by atoms with Gasteiger partial charge in [-0.2, -0.15) is 0 Å². The Morgan fingerprint density at radius 2 is 1.82 bits per heavy atom. The predicted octanol–water partition coefficient (Wildman–Crippen LogP) is 3.67. The molecule has 2 aromatic rings. The zero-order chi connectivity index (χ0) is 16.1. The van der Waals surface area contributed by atoms with Crippen LogP contribution in [-0.2, 0) is 6.54 Å². The maximum Gasteiger partial charge on any atom is 0.335 e. The molecule has 0 atom stereocenters. The second kappa shape index (κ2) is 7.04. The molecular formula is C16H16ClNO4. The van der Waals surface area contributed by atoms with Gasteiger partial charge in [0.2, 0.25) is 0 Å². The first-order chi connectivity index (χ1) is 10.5. The SMILES string of the molecule is COc1ccc(Cl)cc1CNc1cc(C(=O)O)ccc1OC. The topological polar surface area (TPSA) is 67.8 Å². The van der Waals surface area contributed by atoms with Gasteiger partial charge in [0.25, 0.3) is 0 Å². The number of carboxylic acid groups (broad SMARTS) is 1. The van der Waals surface area contributed by atoms with E-state index in [-0.39, 0.29) is 5.56 Å². The van der Waals surface area contributed by atoms with Crippen molar-refractivity contribution in [2.75, 3.05) is 19.5 Å². The molecule has 116 valence electrons. The minimum Gasteiger partial charge on any atom is -0.496 e. The molecular weight excluding hydrogens is 306 g/mol. The van der Waals surface area contributed by atoms with Crippen LogP contribution in [0.5, 0.6) is 11.5 Å². The van der Waals surface area contributed by atoms with Gasteiger partial charge in [-0.3, -0.25) is 0 Å². The average molecular weight is 322 g/mol. The van der Waals surface area contributed by atoms with Gasteiger partial charge in [-0.1, -0.05) is 11.6 Å². The monoisotopic (exact) mass is 321 g/mol. The Labute approximate surface area is 133 Å². The van der Waals surface area contributed by atoms with Crippen molar-refractivity contribution in [3.63, 3.8) is 0 Å². The number of hydrogen-bond acceptors (Lipinski definition) is 4. The van der Waals surface area contributed by atoms with E-state index in [4.69, 9.17) is 26.2 Å². The van der Waals surface area contributed by atoms with E-state index in [1.807, 2.05) is 0 Å². The first kappa shape index (κ1) is 16.0. The number of nitrogens with one attached hydrogen (secondary N) is 1. The molecule has 0 saturated carbocycles. The second-order valence-electron chi connectivity index (χ2n) is 4.53. The molecule has 0 saturated heterocycles. The van der Waals surface area contributed by atoms with Gasteiger partial charge in [0.1, 0.15) is 11.5 Å². The number of halogens is 1. The average Bonchev–Trinajstić information content (AvgIpc) is 2.52. The van der Waals surface area contributed by atoms with E-state index in [9.17, 15) is 4.79 Å². The molecule has 2 rings (SSSR count). The van der Waals surface area contributed by atoms with Crippen LogP contribution in [0.4, 0.5) is 5.69 Å². The van der Waals surface area contributed by atoms with Crippen molar-refractivity contribution in [1.82, 2.24) is 0 Å². The van der Waals surface area contributed by atoms with E-state index in [1.54, 1.807) is 31.4 Å². The van der Waals surface area contributed by atoms with Gasteiger partial charge in [-0.15, -0.1) is 0 Å². The third-order valence-corrected chi connectivity index (χ3v) is 3.39. The van der Waals surface area contributed by atoms with Gasteiger partial charge in [-0.25, -0.2) is 4.79 Å². The molecule has 0 radical (unpaired) electrons. The van der Waals surface area contributed by atoms with Crippen molar-refractivity contribution in [3.05, 3.63) is 52.5 Å². The van der Waals surface area contributed by atoms with E-state index >= 15 is 0 Å². The van der Waals surface area contributed by atoms with Crippen LogP contribution in [0.2, 0.25) is 5.02 Å². The Hall–Kier alpha value is -2.40. The molecule has 0 aliphatic carbocycles. The molecule has 2 aromatic carbocycles. The molecule has 0 amide bonds. The van der Waals surface area contributed by atoms with Gasteiger partial charge in [0, 0.05) is 17.1 Å². The summed E-state index contributed by atoms with van der Waals surface area (Å²) in [7, 11) is 3.11. The predicted molar refractivity (Wildman–Crippen MR) is 85.3 cm³/mol. The van der Waals surface area contributed by atoms with E-state index in [1.165, 1.54) is 19.2 Å². The number of anilines is 1. The van der Waals surface area contributed by atoms with Crippen LogP contribution in [0.15, 0.2) is 36.4 Å². The lowest BCUT2D eigenvalue weighted by atomic mass is 10.1. The normalized spacial score (nSPS) is 10.1. The van der Waals surface area contributed by atoms with Crippen LogP contribution in [0.1, 0.15) is 15.9 Å². The lowest BCUT2D eigenvalue weighted by Gasteiger charge is -2.14. The Kier molecular flexibility index (Phi) is 5.12. The van der Waals surface area contributed by atoms with Crippen LogP contribution < -0.4 is 14.8 Å². The van der Waals surface area contributed by atoms with E-state index in [2.05, 4.69) is 5.32 Å². The molecule has 0 fully saturated rings. The molecule has 0 unspecified atom stereocenters. The number of aromatic carboxylic acids is 1. The van der Waals surface area contributed by atoms with Gasteiger partial charge in [0.15, 0.2) is 0 Å². The Balaban J connectivity index is 2.25. The van der Waals surface area contributed by atoms with Crippen molar-refractivity contribution < 1.29 is 19.4 Å². The molecule has 0 spiro atoms. The lowest BCUT2D eigenvalue weighted by Crippen LogP contribution is -2.05. The number of hydrogen-bond donors (Lipinski definition) is 2. The lowest BCUT2D eigenvalue weighted by molar-refractivity contribution is 0.0697. The summed E-state index contributed by atoms with van der Waals surface area (Å²) < 4.78 is 10.5. The number of rotatable bonds is 6. The maximum atomic E-state index is 11.1. The van der Waals surface area contributed by atoms with E-state index < -0.39 is 5.97 Å². The quantitative estimate of drug-likeness (QED) is 0.849. The molecule has 0 bridgehead atoms. The fraction of sp³-hybridized carbons (Fsp3) is 0.188. The number of benzene rings is 2. The van der Waals surface area contributed by atoms with Crippen LogP contribution in [0.3, 0.4) is 0 Å². The van der Waals surface area contributed by atoms with Crippen LogP contribution >= 0.6 is 11.6 Å². The highest BCUT2D eigenvalue weighted by atomic mass is 35.5. The molecule has 6 heteroatoms. The third-order valence-electron chi connectivity index (χ3n) is 3.16. The number of ether oxygens (including phenoxy) is 2. The fourth-order valence-corrected chi connectivity index (χ4v) is 2.25. The zero-order valence-electron chi connectivity index (χ0n) is 12.2. The summed E-state index contributed by atoms with van der Waals surface area (Å²) in [5, 5.41) is 12.8. The van der Waals surface area contributed by atoms with Crippen molar-refractivity contribution in [3.8, 4) is 11.5 Å². The smallest absolute Gasteiger partial charge is 0.335 e. The zero-order valence-corrected chi connectivity index (χ0v) is 13.0. The van der Waals surface area contributed by atoms with Gasteiger partial charge < -0.3 is 19.9 Å². The Morgan fingerprint density at radius 3 is 2.45 bits per heavy atom. The molecule has 0 heterocycles. The van der Waals surface area contributed by atoms with Crippen LogP contribution in [0, 0.1) is 0 Å². The van der Waals surface area contributed by atoms with Gasteiger partial charge in [0.05, 0.1) is 25.5 Å². The molecule has 5 nitrogen and oxygen atoms in total. The second-order valence-corrected chi connectivity index (χ2v) is 4.97. The minimum atomic E-state index is -0.994. The minimum absolute atomic E-state index is 0.182. The summed E-state index contributed by atoms with van der Waals surface area (Å²) in [4.78, 5) is 11.1. The molecule has 2 N–H and O–H groups in total. The van der Waals surface area contributed by atoms with Gasteiger partial charge >= 0.3 is 5.97 Å². The first-order valence-electron chi connectivity index (χ1n) is 6.52. The number of methoxy groups -OCH3 is 2. The molecule has 0 aliphatic heterocycles. The fourth-order valence-electron chi connectivity index (χ4n) is 2.05. The highest BCUT2D eigenvalue weighted by Gasteiger charge is 2.10. The highest BCUT2D eigenvalue weighted by molar-refractivity contribution is 6.30. The van der Waals surface area contributed by atoms with Gasteiger partial charge in [-0.05, 0) is 36.4 Å². The standard InChI is InChI=1S/C16H16ClNO4/c1-21-14-6-4-12(17)7-11(14)9-18-13-8-10(16(19)20)3-5-15(13)22-2/h3-8,18H,9H2,1-2H3,(H,19,20).